The van der Waals surface area contributed by atoms with Crippen molar-refractivity contribution in [1.82, 2.24) is 4.57 Å². The van der Waals surface area contributed by atoms with Crippen molar-refractivity contribution in [2.24, 2.45) is 0 Å². The first-order chi connectivity index (χ1) is 10.1. The molecule has 21 heavy (non-hydrogen) atoms. The van der Waals surface area contributed by atoms with Gasteiger partial charge in [0.1, 0.15) is 12.4 Å². The van der Waals surface area contributed by atoms with E-state index in [1.54, 1.807) is 6.07 Å². The van der Waals surface area contributed by atoms with E-state index < -0.39 is 0 Å². The molecule has 0 saturated carbocycles. The fraction of sp³-hybridized carbons (Fsp3) is 0.235. The van der Waals surface area contributed by atoms with Crippen LogP contribution >= 0.6 is 11.3 Å². The molecular weight excluding hydrogens is 282 g/mol. The predicted octanol–water partition coefficient (Wildman–Crippen LogP) is 3.76. The van der Waals surface area contributed by atoms with E-state index in [1.165, 1.54) is 16.9 Å². The van der Waals surface area contributed by atoms with Gasteiger partial charge >= 0.3 is 0 Å². The van der Waals surface area contributed by atoms with E-state index in [0.29, 0.717) is 6.61 Å². The number of thiophene rings is 1. The molecule has 3 rings (SSSR count). The maximum Gasteiger partial charge on any atom is 0.199 e. The lowest BCUT2D eigenvalue weighted by Gasteiger charge is -2.12. The van der Waals surface area contributed by atoms with Gasteiger partial charge in [0.2, 0.25) is 0 Å². The zero-order valence-corrected chi connectivity index (χ0v) is 12.9. The number of aryl methyl sites for hydroxylation is 2. The summed E-state index contributed by atoms with van der Waals surface area (Å²) in [5.41, 5.74) is 3.41. The molecule has 3 aromatic rings. The van der Waals surface area contributed by atoms with Crippen molar-refractivity contribution in [2.45, 2.75) is 20.4 Å². The van der Waals surface area contributed by atoms with Crippen LogP contribution in [0.15, 0.2) is 46.7 Å². The lowest BCUT2D eigenvalue weighted by atomic mass is 10.1. The van der Waals surface area contributed by atoms with Crippen LogP contribution in [0.25, 0.3) is 10.2 Å². The maximum absolute atomic E-state index is 11.7. The summed E-state index contributed by atoms with van der Waals surface area (Å²) in [6.07, 6.45) is 1.84. The smallest absolute Gasteiger partial charge is 0.199 e. The van der Waals surface area contributed by atoms with Crippen molar-refractivity contribution in [3.05, 3.63) is 63.3 Å². The fourth-order valence-electron chi connectivity index (χ4n) is 2.34. The molecule has 2 heterocycles. The van der Waals surface area contributed by atoms with Crippen LogP contribution in [0, 0.1) is 13.8 Å². The number of rotatable bonds is 4. The van der Waals surface area contributed by atoms with Gasteiger partial charge in [-0.25, -0.2) is 0 Å². The Kier molecular flexibility index (Phi) is 3.80. The van der Waals surface area contributed by atoms with Gasteiger partial charge in [0, 0.05) is 12.3 Å². The first-order valence-corrected chi connectivity index (χ1v) is 7.80. The van der Waals surface area contributed by atoms with Gasteiger partial charge in [-0.1, -0.05) is 12.1 Å². The zero-order valence-electron chi connectivity index (χ0n) is 12.1. The molecule has 0 aliphatic rings. The Morgan fingerprint density at radius 2 is 2.05 bits per heavy atom. The quantitative estimate of drug-likeness (QED) is 0.734. The Bertz CT molecular complexity index is 832. The van der Waals surface area contributed by atoms with Crippen molar-refractivity contribution in [3.63, 3.8) is 0 Å². The Balaban J connectivity index is 1.75. The summed E-state index contributed by atoms with van der Waals surface area (Å²) in [6, 6.07) is 9.82. The van der Waals surface area contributed by atoms with Crippen LogP contribution < -0.4 is 10.2 Å². The van der Waals surface area contributed by atoms with E-state index in [9.17, 15) is 4.79 Å². The molecule has 0 bridgehead atoms. The number of nitrogens with zero attached hydrogens (tertiary/aromatic N) is 1. The van der Waals surface area contributed by atoms with Gasteiger partial charge in [-0.15, -0.1) is 11.3 Å². The summed E-state index contributed by atoms with van der Waals surface area (Å²) in [4.78, 5) is 11.7. The van der Waals surface area contributed by atoms with Gasteiger partial charge in [0.25, 0.3) is 0 Å². The zero-order chi connectivity index (χ0) is 14.8. The second-order valence-corrected chi connectivity index (χ2v) is 6.04. The number of hydrogen-bond donors (Lipinski definition) is 0. The van der Waals surface area contributed by atoms with Crippen molar-refractivity contribution < 1.29 is 4.74 Å². The van der Waals surface area contributed by atoms with Gasteiger partial charge in [-0.05, 0) is 42.5 Å². The maximum atomic E-state index is 11.7. The second kappa shape index (κ2) is 5.74. The SMILES string of the molecule is Cc1ccc(C)c(OCCn2ccc(=O)c3sccc32)c1. The van der Waals surface area contributed by atoms with E-state index in [1.807, 2.05) is 24.6 Å². The molecule has 3 nitrogen and oxygen atoms in total. The summed E-state index contributed by atoms with van der Waals surface area (Å²) in [5, 5.41) is 1.95. The van der Waals surface area contributed by atoms with Gasteiger partial charge in [0.05, 0.1) is 16.8 Å². The minimum atomic E-state index is 0.0895. The highest BCUT2D eigenvalue weighted by molar-refractivity contribution is 7.17. The predicted molar refractivity (Wildman–Crippen MR) is 87.5 cm³/mol. The Hall–Kier alpha value is -2.07. The molecule has 2 aromatic heterocycles. The molecule has 0 unspecified atom stereocenters. The molecular formula is C17H17NO2S. The normalized spacial score (nSPS) is 11.0. The van der Waals surface area contributed by atoms with Crippen molar-refractivity contribution in [1.29, 1.82) is 0 Å². The molecule has 0 amide bonds. The highest BCUT2D eigenvalue weighted by Crippen LogP contribution is 2.20. The topological polar surface area (TPSA) is 31.2 Å². The average Bonchev–Trinajstić information content (AvgIpc) is 2.95. The highest BCUT2D eigenvalue weighted by atomic mass is 32.1. The monoisotopic (exact) mass is 299 g/mol. The number of fused-ring (bicyclic) bond motifs is 1. The average molecular weight is 299 g/mol. The molecule has 0 saturated heterocycles. The first kappa shape index (κ1) is 13.9. The third kappa shape index (κ3) is 2.85. The van der Waals surface area contributed by atoms with Crippen LogP contribution in [-0.2, 0) is 6.54 Å². The highest BCUT2D eigenvalue weighted by Gasteiger charge is 2.05. The number of aromatic nitrogens is 1. The molecule has 0 atom stereocenters. The minimum Gasteiger partial charge on any atom is -0.491 e. The van der Waals surface area contributed by atoms with Crippen molar-refractivity contribution >= 4 is 21.6 Å². The molecule has 0 N–H and O–H groups in total. The van der Waals surface area contributed by atoms with Crippen LogP contribution in [0.2, 0.25) is 0 Å². The van der Waals surface area contributed by atoms with Crippen LogP contribution in [0.5, 0.6) is 5.75 Å². The van der Waals surface area contributed by atoms with Crippen LogP contribution in [0.1, 0.15) is 11.1 Å². The Labute approximate surface area is 127 Å². The van der Waals surface area contributed by atoms with Crippen LogP contribution in [-0.4, -0.2) is 11.2 Å². The van der Waals surface area contributed by atoms with E-state index >= 15 is 0 Å². The molecule has 108 valence electrons. The van der Waals surface area contributed by atoms with E-state index in [4.69, 9.17) is 4.74 Å². The Morgan fingerprint density at radius 3 is 2.90 bits per heavy atom. The standard InChI is InChI=1S/C17H17NO2S/c1-12-3-4-13(2)16(11-12)20-9-8-18-7-5-15(19)17-14(18)6-10-21-17/h3-7,10-11H,8-9H2,1-2H3. The number of ether oxygens (including phenoxy) is 1. The van der Waals surface area contributed by atoms with Crippen molar-refractivity contribution in [2.75, 3.05) is 6.61 Å². The van der Waals surface area contributed by atoms with Gasteiger partial charge in [-0.3, -0.25) is 4.79 Å². The van der Waals surface area contributed by atoms with Crippen molar-refractivity contribution in [3.8, 4) is 5.75 Å². The van der Waals surface area contributed by atoms with Gasteiger partial charge in [0.15, 0.2) is 5.43 Å². The number of benzene rings is 1. The number of hydrogen-bond acceptors (Lipinski definition) is 3. The summed E-state index contributed by atoms with van der Waals surface area (Å²) >= 11 is 1.49. The van der Waals surface area contributed by atoms with Gasteiger partial charge in [-0.2, -0.15) is 0 Å². The molecule has 4 heteroatoms. The molecule has 0 aliphatic carbocycles. The third-order valence-electron chi connectivity index (χ3n) is 3.52. The third-order valence-corrected chi connectivity index (χ3v) is 4.44. The van der Waals surface area contributed by atoms with Crippen LogP contribution in [0.4, 0.5) is 0 Å². The molecule has 0 spiro atoms. The molecule has 1 aromatic carbocycles. The van der Waals surface area contributed by atoms with Gasteiger partial charge < -0.3 is 9.30 Å². The fourth-order valence-corrected chi connectivity index (χ4v) is 3.16. The summed E-state index contributed by atoms with van der Waals surface area (Å²) in [5.74, 6) is 0.928. The second-order valence-electron chi connectivity index (χ2n) is 5.13. The van der Waals surface area contributed by atoms with E-state index in [0.717, 1.165) is 28.1 Å². The molecule has 0 radical (unpaired) electrons. The Morgan fingerprint density at radius 1 is 1.19 bits per heavy atom. The minimum absolute atomic E-state index is 0.0895. The summed E-state index contributed by atoms with van der Waals surface area (Å²) in [7, 11) is 0. The largest absolute Gasteiger partial charge is 0.491 e. The summed E-state index contributed by atoms with van der Waals surface area (Å²) in [6.45, 7) is 5.41. The molecule has 0 fully saturated rings. The number of pyridine rings is 1. The summed E-state index contributed by atoms with van der Waals surface area (Å²) < 4.78 is 8.76. The molecule has 0 aliphatic heterocycles. The lowest BCUT2D eigenvalue weighted by Crippen LogP contribution is -2.11. The van der Waals surface area contributed by atoms with Crippen LogP contribution in [0.3, 0.4) is 0 Å². The van der Waals surface area contributed by atoms with E-state index in [2.05, 4.69) is 29.7 Å². The van der Waals surface area contributed by atoms with E-state index in [-0.39, 0.29) is 5.43 Å². The lowest BCUT2D eigenvalue weighted by molar-refractivity contribution is 0.298. The first-order valence-electron chi connectivity index (χ1n) is 6.92.